The second-order valence-electron chi connectivity index (χ2n) is 7.71. The van der Waals surface area contributed by atoms with Crippen molar-refractivity contribution in [3.8, 4) is 0 Å². The third-order valence-corrected chi connectivity index (χ3v) is 6.16. The zero-order chi connectivity index (χ0) is 18.5. The number of rotatable bonds is 4. The second-order valence-corrected chi connectivity index (χ2v) is 7.71. The van der Waals surface area contributed by atoms with Gasteiger partial charge in [-0.3, -0.25) is 14.5 Å². The van der Waals surface area contributed by atoms with Crippen molar-refractivity contribution >= 4 is 11.8 Å². The lowest BCUT2D eigenvalue weighted by Crippen LogP contribution is -2.56. The first-order chi connectivity index (χ1) is 12.6. The van der Waals surface area contributed by atoms with E-state index in [1.807, 2.05) is 16.7 Å². The number of morpholine rings is 1. The van der Waals surface area contributed by atoms with Crippen molar-refractivity contribution in [2.45, 2.75) is 32.7 Å². The number of piperidine rings is 1. The molecule has 3 rings (SSSR count). The number of hydrogen-bond donors (Lipinski definition) is 0. The summed E-state index contributed by atoms with van der Waals surface area (Å²) in [6.45, 7) is 13.1. The number of ether oxygens (including phenoxy) is 1. The Labute approximate surface area is 157 Å². The van der Waals surface area contributed by atoms with E-state index in [1.165, 1.54) is 0 Å². The van der Waals surface area contributed by atoms with Crippen LogP contribution in [0.5, 0.6) is 0 Å². The standard InChI is InChI=1S/C19H34N4O3/c1-3-20-7-9-21(10-8-20)18(24)16(2)23-6-4-5-17(15-23)19(25)22-11-13-26-14-12-22/h16-17H,3-15H2,1-2H3. The summed E-state index contributed by atoms with van der Waals surface area (Å²) in [4.78, 5) is 34.3. The largest absolute Gasteiger partial charge is 0.378 e. The van der Waals surface area contributed by atoms with Crippen molar-refractivity contribution in [1.29, 1.82) is 0 Å². The Balaban J connectivity index is 1.53. The van der Waals surface area contributed by atoms with E-state index in [4.69, 9.17) is 4.74 Å². The first-order valence-corrected chi connectivity index (χ1v) is 10.2. The minimum atomic E-state index is -0.136. The molecule has 2 atom stereocenters. The molecule has 0 saturated carbocycles. The molecule has 0 radical (unpaired) electrons. The van der Waals surface area contributed by atoms with E-state index in [9.17, 15) is 9.59 Å². The first kappa shape index (κ1) is 19.6. The van der Waals surface area contributed by atoms with Gasteiger partial charge in [0.15, 0.2) is 0 Å². The van der Waals surface area contributed by atoms with Crippen LogP contribution < -0.4 is 0 Å². The van der Waals surface area contributed by atoms with Crippen molar-refractivity contribution < 1.29 is 14.3 Å². The number of piperazine rings is 1. The highest BCUT2D eigenvalue weighted by atomic mass is 16.5. The van der Waals surface area contributed by atoms with Crippen molar-refractivity contribution in [2.24, 2.45) is 5.92 Å². The molecule has 3 saturated heterocycles. The highest BCUT2D eigenvalue weighted by Crippen LogP contribution is 2.22. The molecule has 2 unspecified atom stereocenters. The fraction of sp³-hybridized carbons (Fsp3) is 0.895. The molecule has 0 aliphatic carbocycles. The van der Waals surface area contributed by atoms with Crippen molar-refractivity contribution in [2.75, 3.05) is 72.1 Å². The fourth-order valence-corrected chi connectivity index (χ4v) is 4.31. The Morgan fingerprint density at radius 1 is 1.00 bits per heavy atom. The topological polar surface area (TPSA) is 56.3 Å². The molecule has 0 aromatic carbocycles. The molecule has 3 aliphatic rings. The second kappa shape index (κ2) is 9.15. The normalized spacial score (nSPS) is 27.4. The Morgan fingerprint density at radius 2 is 1.69 bits per heavy atom. The minimum absolute atomic E-state index is 0.0223. The van der Waals surface area contributed by atoms with Gasteiger partial charge in [0.1, 0.15) is 0 Å². The average Bonchev–Trinajstić information content (AvgIpc) is 2.73. The number of carbonyl (C=O) groups is 2. The molecular formula is C19H34N4O3. The third-order valence-electron chi connectivity index (χ3n) is 6.16. The van der Waals surface area contributed by atoms with E-state index < -0.39 is 0 Å². The zero-order valence-corrected chi connectivity index (χ0v) is 16.4. The number of likely N-dealkylation sites (tertiary alicyclic amines) is 1. The van der Waals surface area contributed by atoms with Gasteiger partial charge in [-0.15, -0.1) is 0 Å². The van der Waals surface area contributed by atoms with Crippen LogP contribution in [0, 0.1) is 5.92 Å². The van der Waals surface area contributed by atoms with Crippen LogP contribution in [0.25, 0.3) is 0 Å². The van der Waals surface area contributed by atoms with Crippen LogP contribution in [-0.2, 0) is 14.3 Å². The molecule has 0 N–H and O–H groups in total. The summed E-state index contributed by atoms with van der Waals surface area (Å²) in [6.07, 6.45) is 1.92. The number of likely N-dealkylation sites (N-methyl/N-ethyl adjacent to an activating group) is 1. The van der Waals surface area contributed by atoms with Crippen LogP contribution >= 0.6 is 0 Å². The Kier molecular flexibility index (Phi) is 6.89. The van der Waals surface area contributed by atoms with E-state index in [-0.39, 0.29) is 23.8 Å². The molecular weight excluding hydrogens is 332 g/mol. The predicted octanol–water partition coefficient (Wildman–Crippen LogP) is 0.110. The van der Waals surface area contributed by atoms with Crippen LogP contribution in [0.15, 0.2) is 0 Å². The van der Waals surface area contributed by atoms with E-state index in [0.29, 0.717) is 32.8 Å². The van der Waals surface area contributed by atoms with Crippen LogP contribution in [0.2, 0.25) is 0 Å². The smallest absolute Gasteiger partial charge is 0.239 e. The van der Waals surface area contributed by atoms with Gasteiger partial charge in [-0.05, 0) is 32.9 Å². The molecule has 3 aliphatic heterocycles. The maximum absolute atomic E-state index is 12.9. The Morgan fingerprint density at radius 3 is 2.35 bits per heavy atom. The third kappa shape index (κ3) is 4.56. The maximum Gasteiger partial charge on any atom is 0.239 e. The molecule has 3 heterocycles. The summed E-state index contributed by atoms with van der Waals surface area (Å²) >= 11 is 0. The fourth-order valence-electron chi connectivity index (χ4n) is 4.31. The molecule has 26 heavy (non-hydrogen) atoms. The van der Waals surface area contributed by atoms with Gasteiger partial charge in [0, 0.05) is 45.8 Å². The molecule has 7 heteroatoms. The van der Waals surface area contributed by atoms with E-state index in [1.54, 1.807) is 0 Å². The van der Waals surface area contributed by atoms with Crippen LogP contribution in [-0.4, -0.2) is 110 Å². The molecule has 0 spiro atoms. The lowest BCUT2D eigenvalue weighted by molar-refractivity contribution is -0.145. The molecule has 0 aromatic rings. The van der Waals surface area contributed by atoms with Crippen LogP contribution in [0.4, 0.5) is 0 Å². The van der Waals surface area contributed by atoms with Gasteiger partial charge in [-0.1, -0.05) is 6.92 Å². The summed E-state index contributed by atoms with van der Waals surface area (Å²) in [5.74, 6) is 0.489. The molecule has 7 nitrogen and oxygen atoms in total. The molecule has 0 aromatic heterocycles. The molecule has 148 valence electrons. The van der Waals surface area contributed by atoms with Gasteiger partial charge in [-0.2, -0.15) is 0 Å². The van der Waals surface area contributed by atoms with Crippen LogP contribution in [0.1, 0.15) is 26.7 Å². The van der Waals surface area contributed by atoms with Crippen molar-refractivity contribution in [1.82, 2.24) is 19.6 Å². The van der Waals surface area contributed by atoms with Gasteiger partial charge in [0.2, 0.25) is 11.8 Å². The SMILES string of the molecule is CCN1CCN(C(=O)C(C)N2CCCC(C(=O)N3CCOCC3)C2)CC1. The van der Waals surface area contributed by atoms with Gasteiger partial charge in [-0.25, -0.2) is 0 Å². The van der Waals surface area contributed by atoms with Crippen molar-refractivity contribution in [3.05, 3.63) is 0 Å². The predicted molar refractivity (Wildman–Crippen MR) is 99.9 cm³/mol. The lowest BCUT2D eigenvalue weighted by Gasteiger charge is -2.41. The first-order valence-electron chi connectivity index (χ1n) is 10.2. The number of amides is 2. The number of hydrogen-bond acceptors (Lipinski definition) is 5. The summed E-state index contributed by atoms with van der Waals surface area (Å²) in [5, 5.41) is 0. The summed E-state index contributed by atoms with van der Waals surface area (Å²) in [5.41, 5.74) is 0. The monoisotopic (exact) mass is 366 g/mol. The van der Waals surface area contributed by atoms with E-state index >= 15 is 0 Å². The summed E-state index contributed by atoms with van der Waals surface area (Å²) < 4.78 is 5.35. The molecule has 0 bridgehead atoms. The highest BCUT2D eigenvalue weighted by Gasteiger charge is 2.35. The summed E-state index contributed by atoms with van der Waals surface area (Å²) in [6, 6.07) is -0.136. The van der Waals surface area contributed by atoms with E-state index in [0.717, 1.165) is 52.1 Å². The molecule has 3 fully saturated rings. The minimum Gasteiger partial charge on any atom is -0.378 e. The maximum atomic E-state index is 12.9. The lowest BCUT2D eigenvalue weighted by atomic mass is 9.95. The zero-order valence-electron chi connectivity index (χ0n) is 16.4. The highest BCUT2D eigenvalue weighted by molar-refractivity contribution is 5.82. The van der Waals surface area contributed by atoms with Gasteiger partial charge >= 0.3 is 0 Å². The van der Waals surface area contributed by atoms with Crippen molar-refractivity contribution in [3.63, 3.8) is 0 Å². The Hall–Kier alpha value is -1.18. The Bertz CT molecular complexity index is 487. The number of nitrogens with zero attached hydrogens (tertiary/aromatic N) is 4. The quantitative estimate of drug-likeness (QED) is 0.707. The van der Waals surface area contributed by atoms with Crippen LogP contribution in [0.3, 0.4) is 0 Å². The number of carbonyl (C=O) groups excluding carboxylic acids is 2. The van der Waals surface area contributed by atoms with Gasteiger partial charge < -0.3 is 19.4 Å². The summed E-state index contributed by atoms with van der Waals surface area (Å²) in [7, 11) is 0. The van der Waals surface area contributed by atoms with E-state index in [2.05, 4.69) is 16.7 Å². The molecule has 2 amide bonds. The average molecular weight is 367 g/mol. The van der Waals surface area contributed by atoms with Gasteiger partial charge in [0.05, 0.1) is 25.2 Å². The van der Waals surface area contributed by atoms with Gasteiger partial charge in [0.25, 0.3) is 0 Å².